The number of aliphatic hydroxyl groups excluding tert-OH is 1. The average molecular weight is 336 g/mol. The van der Waals surface area contributed by atoms with Crippen LogP contribution >= 0.6 is 0 Å². The molecule has 0 radical (unpaired) electrons. The molecule has 0 aromatic carbocycles. The van der Waals surface area contributed by atoms with Crippen molar-refractivity contribution in [2.75, 3.05) is 53.7 Å². The molecule has 0 bridgehead atoms. The minimum absolute atomic E-state index is 0.0234. The number of carbonyl (C=O) groups is 2. The highest BCUT2D eigenvalue weighted by Crippen LogP contribution is 1.95. The van der Waals surface area contributed by atoms with E-state index in [0.717, 1.165) is 0 Å². The summed E-state index contributed by atoms with van der Waals surface area (Å²) in [4.78, 5) is 22.8. The Morgan fingerprint density at radius 2 is 1.52 bits per heavy atom. The smallest absolute Gasteiger partial charge is 0.407 e. The number of methoxy groups -OCH3 is 2. The third kappa shape index (κ3) is 13.8. The van der Waals surface area contributed by atoms with Crippen LogP contribution in [-0.2, 0) is 18.9 Å². The minimum Gasteiger partial charge on any atom is -0.447 e. The predicted molar refractivity (Wildman–Crippen MR) is 82.3 cm³/mol. The Labute approximate surface area is 136 Å². The lowest BCUT2D eigenvalue weighted by molar-refractivity contribution is -0.00451. The molecule has 0 aliphatic heterocycles. The Bertz CT molecular complexity index is 288. The van der Waals surface area contributed by atoms with Crippen LogP contribution in [0.4, 0.5) is 9.59 Å². The van der Waals surface area contributed by atoms with Crippen molar-refractivity contribution in [1.82, 2.24) is 10.6 Å². The van der Waals surface area contributed by atoms with Crippen molar-refractivity contribution >= 4 is 12.2 Å². The predicted octanol–water partition coefficient (Wildman–Crippen LogP) is 0.263. The topological polar surface area (TPSA) is 115 Å². The first kappa shape index (κ1) is 21.4. The van der Waals surface area contributed by atoms with Crippen LogP contribution in [0, 0.1) is 0 Å². The first-order valence-corrected chi connectivity index (χ1v) is 7.57. The van der Waals surface area contributed by atoms with Gasteiger partial charge in [-0.1, -0.05) is 0 Å². The SMILES string of the molecule is COCCCNC(=O)OCC(COC(=O)NCCCCO)OC. The highest BCUT2D eigenvalue weighted by molar-refractivity contribution is 5.67. The molecule has 1 unspecified atom stereocenters. The van der Waals surface area contributed by atoms with Gasteiger partial charge in [0.25, 0.3) is 0 Å². The van der Waals surface area contributed by atoms with Crippen LogP contribution in [0.5, 0.6) is 0 Å². The fourth-order valence-electron chi connectivity index (χ4n) is 1.46. The molecule has 0 aliphatic carbocycles. The standard InChI is InChI=1S/C14H28N2O7/c1-20-9-5-7-16-14(19)23-11-12(21-2)10-22-13(18)15-6-3-4-8-17/h12,17H,3-11H2,1-2H3,(H,15,18)(H,16,19). The largest absolute Gasteiger partial charge is 0.447 e. The molecule has 0 aromatic rings. The zero-order valence-corrected chi connectivity index (χ0v) is 13.8. The van der Waals surface area contributed by atoms with E-state index < -0.39 is 18.3 Å². The van der Waals surface area contributed by atoms with Gasteiger partial charge in [0.05, 0.1) is 0 Å². The van der Waals surface area contributed by atoms with Gasteiger partial charge in [0.1, 0.15) is 19.3 Å². The maximum atomic E-state index is 11.4. The number of carbonyl (C=O) groups excluding carboxylic acids is 2. The zero-order chi connectivity index (χ0) is 17.3. The fraction of sp³-hybridized carbons (Fsp3) is 0.857. The van der Waals surface area contributed by atoms with E-state index in [4.69, 9.17) is 24.1 Å². The second kappa shape index (κ2) is 15.3. The van der Waals surface area contributed by atoms with Crippen LogP contribution in [0.2, 0.25) is 0 Å². The molecule has 0 saturated heterocycles. The number of amides is 2. The fourth-order valence-corrected chi connectivity index (χ4v) is 1.46. The summed E-state index contributed by atoms with van der Waals surface area (Å²) >= 11 is 0. The van der Waals surface area contributed by atoms with E-state index in [1.165, 1.54) is 7.11 Å². The minimum atomic E-state index is -0.575. The van der Waals surface area contributed by atoms with Gasteiger partial charge in [0.2, 0.25) is 0 Å². The summed E-state index contributed by atoms with van der Waals surface area (Å²) in [6.07, 6.45) is 0.312. The summed E-state index contributed by atoms with van der Waals surface area (Å²) in [5, 5.41) is 13.7. The van der Waals surface area contributed by atoms with Gasteiger partial charge < -0.3 is 34.7 Å². The maximum Gasteiger partial charge on any atom is 0.407 e. The van der Waals surface area contributed by atoms with E-state index in [2.05, 4.69) is 10.6 Å². The number of alkyl carbamates (subject to hydrolysis) is 2. The van der Waals surface area contributed by atoms with Gasteiger partial charge in [-0.3, -0.25) is 0 Å². The van der Waals surface area contributed by atoms with Crippen molar-refractivity contribution in [3.05, 3.63) is 0 Å². The zero-order valence-electron chi connectivity index (χ0n) is 13.8. The van der Waals surface area contributed by atoms with Gasteiger partial charge in [-0.25, -0.2) is 9.59 Å². The van der Waals surface area contributed by atoms with E-state index in [9.17, 15) is 9.59 Å². The van der Waals surface area contributed by atoms with Crippen LogP contribution in [0.15, 0.2) is 0 Å². The summed E-state index contributed by atoms with van der Waals surface area (Å²) in [5.74, 6) is 0. The molecule has 136 valence electrons. The molecule has 0 rings (SSSR count). The molecule has 9 heteroatoms. The Morgan fingerprint density at radius 1 is 0.957 bits per heavy atom. The quantitative estimate of drug-likeness (QED) is 0.413. The van der Waals surface area contributed by atoms with E-state index in [1.807, 2.05) is 0 Å². The molecule has 0 saturated carbocycles. The van der Waals surface area contributed by atoms with Gasteiger partial charge in [-0.2, -0.15) is 0 Å². The lowest BCUT2D eigenvalue weighted by atomic mass is 10.3. The van der Waals surface area contributed by atoms with Crippen LogP contribution < -0.4 is 10.6 Å². The highest BCUT2D eigenvalue weighted by atomic mass is 16.6. The van der Waals surface area contributed by atoms with Crippen LogP contribution in [-0.4, -0.2) is 77.1 Å². The molecule has 2 amide bonds. The lowest BCUT2D eigenvalue weighted by Crippen LogP contribution is -2.34. The lowest BCUT2D eigenvalue weighted by Gasteiger charge is -2.16. The number of unbranched alkanes of at least 4 members (excludes halogenated alkanes) is 1. The molecule has 0 heterocycles. The second-order valence-electron chi connectivity index (χ2n) is 4.69. The Kier molecular flexibility index (Phi) is 14.3. The number of rotatable bonds is 13. The van der Waals surface area contributed by atoms with Gasteiger partial charge in [-0.15, -0.1) is 0 Å². The van der Waals surface area contributed by atoms with Crippen molar-refractivity contribution in [2.45, 2.75) is 25.4 Å². The van der Waals surface area contributed by atoms with Crippen LogP contribution in [0.1, 0.15) is 19.3 Å². The molecule has 0 aromatic heterocycles. The Hall–Kier alpha value is -1.58. The van der Waals surface area contributed by atoms with Gasteiger partial charge in [0.15, 0.2) is 0 Å². The van der Waals surface area contributed by atoms with Crippen molar-refractivity contribution in [1.29, 1.82) is 0 Å². The Morgan fingerprint density at radius 3 is 2.00 bits per heavy atom. The third-order valence-corrected chi connectivity index (χ3v) is 2.78. The van der Waals surface area contributed by atoms with Crippen LogP contribution in [0.3, 0.4) is 0 Å². The van der Waals surface area contributed by atoms with Gasteiger partial charge >= 0.3 is 12.2 Å². The van der Waals surface area contributed by atoms with Crippen LogP contribution in [0.25, 0.3) is 0 Å². The first-order chi connectivity index (χ1) is 11.1. The van der Waals surface area contributed by atoms with Gasteiger partial charge in [0, 0.05) is 40.5 Å². The number of aliphatic hydroxyl groups is 1. The molecule has 0 fully saturated rings. The van der Waals surface area contributed by atoms with E-state index in [1.54, 1.807) is 7.11 Å². The van der Waals surface area contributed by atoms with Gasteiger partial charge in [-0.05, 0) is 19.3 Å². The summed E-state index contributed by atoms with van der Waals surface area (Å²) < 4.78 is 19.9. The maximum absolute atomic E-state index is 11.4. The molecule has 23 heavy (non-hydrogen) atoms. The molecule has 3 N–H and O–H groups in total. The van der Waals surface area contributed by atoms with Crippen molar-refractivity contribution < 1.29 is 33.6 Å². The molecular formula is C14H28N2O7. The van der Waals surface area contributed by atoms with Crippen molar-refractivity contribution in [2.24, 2.45) is 0 Å². The molecule has 1 atom stereocenters. The number of hydrogen-bond donors (Lipinski definition) is 3. The normalized spacial score (nSPS) is 11.6. The summed E-state index contributed by atoms with van der Waals surface area (Å²) in [7, 11) is 3.03. The van der Waals surface area contributed by atoms with E-state index in [0.29, 0.717) is 39.0 Å². The molecule has 9 nitrogen and oxygen atoms in total. The number of hydrogen-bond acceptors (Lipinski definition) is 7. The highest BCUT2D eigenvalue weighted by Gasteiger charge is 2.13. The Balaban J connectivity index is 3.72. The summed E-state index contributed by atoms with van der Waals surface area (Å²) in [6, 6.07) is 0. The average Bonchev–Trinajstić information content (AvgIpc) is 2.55. The van der Waals surface area contributed by atoms with Crippen molar-refractivity contribution in [3.63, 3.8) is 0 Å². The summed E-state index contributed by atoms with van der Waals surface area (Å²) in [6.45, 7) is 1.48. The molecule has 0 aliphatic rings. The van der Waals surface area contributed by atoms with Crippen molar-refractivity contribution in [3.8, 4) is 0 Å². The third-order valence-electron chi connectivity index (χ3n) is 2.78. The molecular weight excluding hydrogens is 308 g/mol. The number of ether oxygens (including phenoxy) is 4. The number of nitrogens with one attached hydrogen (secondary N) is 2. The molecule has 0 spiro atoms. The summed E-state index contributed by atoms with van der Waals surface area (Å²) in [5.41, 5.74) is 0. The van der Waals surface area contributed by atoms with E-state index in [-0.39, 0.29) is 19.8 Å². The first-order valence-electron chi connectivity index (χ1n) is 7.57. The monoisotopic (exact) mass is 336 g/mol. The second-order valence-corrected chi connectivity index (χ2v) is 4.69. The van der Waals surface area contributed by atoms with E-state index >= 15 is 0 Å².